The van der Waals surface area contributed by atoms with Gasteiger partial charge in [0.1, 0.15) is 0 Å². The lowest BCUT2D eigenvalue weighted by Crippen LogP contribution is -2.51. The van der Waals surface area contributed by atoms with Gasteiger partial charge in [-0.25, -0.2) is 0 Å². The molecule has 1 saturated carbocycles. The Labute approximate surface area is 73.9 Å². The average Bonchev–Trinajstić information content (AvgIpc) is 2.09. The van der Waals surface area contributed by atoms with Gasteiger partial charge in [-0.3, -0.25) is 4.79 Å². The molecule has 1 fully saturated rings. The molecule has 1 aliphatic carbocycles. The van der Waals surface area contributed by atoms with Gasteiger partial charge < -0.3 is 10.6 Å². The van der Waals surface area contributed by atoms with E-state index in [1.54, 1.807) is 7.05 Å². The van der Waals surface area contributed by atoms with Crippen LogP contribution >= 0.6 is 0 Å². The molecule has 0 radical (unpaired) electrons. The highest BCUT2D eigenvalue weighted by molar-refractivity contribution is 5.81. The summed E-state index contributed by atoms with van der Waals surface area (Å²) >= 11 is 0. The van der Waals surface area contributed by atoms with Crippen LogP contribution in [0.5, 0.6) is 0 Å². The second kappa shape index (κ2) is 3.90. The Morgan fingerprint density at radius 1 is 1.50 bits per heavy atom. The molecule has 2 N–H and O–H groups in total. The van der Waals surface area contributed by atoms with Crippen LogP contribution in [0.4, 0.5) is 0 Å². The van der Waals surface area contributed by atoms with E-state index in [1.807, 2.05) is 6.92 Å². The van der Waals surface area contributed by atoms with Crippen LogP contribution in [-0.4, -0.2) is 25.0 Å². The van der Waals surface area contributed by atoms with Crippen LogP contribution in [0, 0.1) is 5.92 Å². The van der Waals surface area contributed by atoms with Gasteiger partial charge in [0.2, 0.25) is 5.91 Å². The zero-order chi connectivity index (χ0) is 9.14. The maximum Gasteiger partial charge on any atom is 0.237 e. The predicted molar refractivity (Wildman–Crippen MR) is 48.9 cm³/mol. The second-order valence-electron chi connectivity index (χ2n) is 3.68. The van der Waals surface area contributed by atoms with Crippen molar-refractivity contribution < 1.29 is 4.79 Å². The topological polar surface area (TPSA) is 41.1 Å². The van der Waals surface area contributed by atoms with Gasteiger partial charge >= 0.3 is 0 Å². The van der Waals surface area contributed by atoms with Crippen LogP contribution in [-0.2, 0) is 4.79 Å². The normalized spacial score (nSPS) is 30.6. The van der Waals surface area contributed by atoms with E-state index < -0.39 is 0 Å². The van der Waals surface area contributed by atoms with E-state index in [9.17, 15) is 4.79 Å². The summed E-state index contributed by atoms with van der Waals surface area (Å²) in [6.45, 7) is 4.05. The number of hydrogen-bond acceptors (Lipinski definition) is 2. The average molecular weight is 170 g/mol. The molecule has 0 aliphatic heterocycles. The summed E-state index contributed by atoms with van der Waals surface area (Å²) in [7, 11) is 1.80. The Balaban J connectivity index is 2.26. The maximum atomic E-state index is 11.3. The number of rotatable bonds is 3. The Hall–Kier alpha value is -0.570. The van der Waals surface area contributed by atoms with Gasteiger partial charge in [0.15, 0.2) is 0 Å². The van der Waals surface area contributed by atoms with E-state index >= 15 is 0 Å². The Morgan fingerprint density at radius 2 is 2.17 bits per heavy atom. The van der Waals surface area contributed by atoms with Crippen molar-refractivity contribution in [1.82, 2.24) is 10.6 Å². The quantitative estimate of drug-likeness (QED) is 0.648. The molecule has 1 amide bonds. The first kappa shape index (κ1) is 9.52. The van der Waals surface area contributed by atoms with Crippen LogP contribution in [0.25, 0.3) is 0 Å². The SMILES string of the molecule is CNC(C)C(=O)NC1CCC1C. The molecule has 0 aromatic rings. The summed E-state index contributed by atoms with van der Waals surface area (Å²) in [4.78, 5) is 11.3. The monoisotopic (exact) mass is 170 g/mol. The highest BCUT2D eigenvalue weighted by atomic mass is 16.2. The number of carbonyl (C=O) groups excluding carboxylic acids is 1. The Kier molecular flexibility index (Phi) is 3.09. The lowest BCUT2D eigenvalue weighted by Gasteiger charge is -2.35. The molecule has 3 heteroatoms. The number of carbonyl (C=O) groups is 1. The molecule has 0 aromatic carbocycles. The fourth-order valence-corrected chi connectivity index (χ4v) is 1.32. The number of likely N-dealkylation sites (N-methyl/N-ethyl adjacent to an activating group) is 1. The lowest BCUT2D eigenvalue weighted by molar-refractivity contribution is -0.124. The molecular formula is C9H18N2O. The zero-order valence-electron chi connectivity index (χ0n) is 8.05. The van der Waals surface area contributed by atoms with Crippen molar-refractivity contribution in [3.05, 3.63) is 0 Å². The van der Waals surface area contributed by atoms with Crippen molar-refractivity contribution in [3.63, 3.8) is 0 Å². The molecule has 0 bridgehead atoms. The van der Waals surface area contributed by atoms with Gasteiger partial charge in [0.25, 0.3) is 0 Å². The smallest absolute Gasteiger partial charge is 0.237 e. The van der Waals surface area contributed by atoms with E-state index in [0.29, 0.717) is 12.0 Å². The third kappa shape index (κ3) is 1.97. The highest BCUT2D eigenvalue weighted by Gasteiger charge is 2.28. The molecule has 3 unspecified atom stereocenters. The third-order valence-electron chi connectivity index (χ3n) is 2.77. The minimum absolute atomic E-state index is 0.0715. The molecule has 0 spiro atoms. The van der Waals surface area contributed by atoms with Crippen molar-refractivity contribution in [2.45, 2.75) is 38.8 Å². The first-order chi connectivity index (χ1) is 5.65. The summed E-state index contributed by atoms with van der Waals surface area (Å²) in [6, 6.07) is 0.353. The maximum absolute atomic E-state index is 11.3. The highest BCUT2D eigenvalue weighted by Crippen LogP contribution is 2.26. The molecule has 0 aromatic heterocycles. The van der Waals surface area contributed by atoms with Crippen molar-refractivity contribution in [3.8, 4) is 0 Å². The van der Waals surface area contributed by atoms with Gasteiger partial charge in [-0.1, -0.05) is 6.92 Å². The second-order valence-corrected chi connectivity index (χ2v) is 3.68. The van der Waals surface area contributed by atoms with Gasteiger partial charge in [0.05, 0.1) is 6.04 Å². The summed E-state index contributed by atoms with van der Waals surface area (Å²) in [5.41, 5.74) is 0. The molecule has 70 valence electrons. The zero-order valence-corrected chi connectivity index (χ0v) is 8.05. The summed E-state index contributed by atoms with van der Waals surface area (Å²) in [5, 5.41) is 5.94. The van der Waals surface area contributed by atoms with Crippen LogP contribution in [0.1, 0.15) is 26.7 Å². The Bertz CT molecular complexity index is 170. The fraction of sp³-hybridized carbons (Fsp3) is 0.889. The minimum atomic E-state index is -0.0715. The third-order valence-corrected chi connectivity index (χ3v) is 2.77. The van der Waals surface area contributed by atoms with Crippen LogP contribution in [0.3, 0.4) is 0 Å². The van der Waals surface area contributed by atoms with Crippen LogP contribution in [0.15, 0.2) is 0 Å². The molecule has 3 nitrogen and oxygen atoms in total. The molecule has 0 heterocycles. The van der Waals surface area contributed by atoms with Crippen molar-refractivity contribution in [2.75, 3.05) is 7.05 Å². The van der Waals surface area contributed by atoms with Crippen LogP contribution < -0.4 is 10.6 Å². The molecular weight excluding hydrogens is 152 g/mol. The lowest BCUT2D eigenvalue weighted by atomic mass is 9.81. The summed E-state index contributed by atoms with van der Waals surface area (Å²) < 4.78 is 0. The number of amides is 1. The summed E-state index contributed by atoms with van der Waals surface area (Å²) in [5.74, 6) is 0.784. The van der Waals surface area contributed by atoms with E-state index in [0.717, 1.165) is 6.42 Å². The standard InChI is InChI=1S/C9H18N2O/c1-6-4-5-8(6)11-9(12)7(2)10-3/h6-8,10H,4-5H2,1-3H3,(H,11,12). The molecule has 0 saturated heterocycles. The van der Waals surface area contributed by atoms with E-state index in [-0.39, 0.29) is 11.9 Å². The first-order valence-electron chi connectivity index (χ1n) is 4.62. The number of nitrogens with one attached hydrogen (secondary N) is 2. The van der Waals surface area contributed by atoms with E-state index in [1.165, 1.54) is 6.42 Å². The minimum Gasteiger partial charge on any atom is -0.352 e. The fourth-order valence-electron chi connectivity index (χ4n) is 1.32. The van der Waals surface area contributed by atoms with Gasteiger partial charge in [-0.2, -0.15) is 0 Å². The molecule has 1 rings (SSSR count). The van der Waals surface area contributed by atoms with Gasteiger partial charge in [-0.15, -0.1) is 0 Å². The summed E-state index contributed by atoms with van der Waals surface area (Å²) in [6.07, 6.45) is 2.39. The van der Waals surface area contributed by atoms with Crippen molar-refractivity contribution in [1.29, 1.82) is 0 Å². The Morgan fingerprint density at radius 3 is 2.50 bits per heavy atom. The van der Waals surface area contributed by atoms with Gasteiger partial charge in [0, 0.05) is 6.04 Å². The predicted octanol–water partition coefficient (Wildman–Crippen LogP) is 0.509. The van der Waals surface area contributed by atoms with Gasteiger partial charge in [-0.05, 0) is 32.7 Å². The number of hydrogen-bond donors (Lipinski definition) is 2. The largest absolute Gasteiger partial charge is 0.352 e. The van der Waals surface area contributed by atoms with E-state index in [4.69, 9.17) is 0 Å². The van der Waals surface area contributed by atoms with Crippen molar-refractivity contribution in [2.24, 2.45) is 5.92 Å². The van der Waals surface area contributed by atoms with Crippen LogP contribution in [0.2, 0.25) is 0 Å². The molecule has 12 heavy (non-hydrogen) atoms. The molecule has 1 aliphatic rings. The van der Waals surface area contributed by atoms with Crippen molar-refractivity contribution >= 4 is 5.91 Å². The molecule has 3 atom stereocenters. The van der Waals surface area contributed by atoms with E-state index in [2.05, 4.69) is 17.6 Å². The first-order valence-corrected chi connectivity index (χ1v) is 4.62.